The Morgan fingerprint density at radius 2 is 1.59 bits per heavy atom. The van der Waals surface area contributed by atoms with Crippen molar-refractivity contribution in [2.24, 2.45) is 0 Å². The summed E-state index contributed by atoms with van der Waals surface area (Å²) in [5.74, 6) is 2.08. The third-order valence-corrected chi connectivity index (χ3v) is 5.89. The molecule has 156 valence electrons. The average Bonchev–Trinajstić information content (AvgIpc) is 3.16. The lowest BCUT2D eigenvalue weighted by atomic mass is 9.92. The zero-order valence-electron chi connectivity index (χ0n) is 17.9. The second kappa shape index (κ2) is 8.28. The van der Waals surface area contributed by atoms with Gasteiger partial charge >= 0.3 is 0 Å². The van der Waals surface area contributed by atoms with Gasteiger partial charge in [-0.2, -0.15) is 4.98 Å². The van der Waals surface area contributed by atoms with Crippen LogP contribution in [0.2, 0.25) is 0 Å². The Morgan fingerprint density at radius 3 is 2.17 bits per heavy atom. The molecule has 2 aliphatic rings. The van der Waals surface area contributed by atoms with Gasteiger partial charge in [-0.25, -0.2) is 4.98 Å². The highest BCUT2D eigenvalue weighted by molar-refractivity contribution is 5.67. The molecule has 1 N–H and O–H groups in total. The van der Waals surface area contributed by atoms with Gasteiger partial charge in [0, 0.05) is 37.8 Å². The third-order valence-electron chi connectivity index (χ3n) is 5.89. The van der Waals surface area contributed by atoms with Crippen molar-refractivity contribution in [2.45, 2.75) is 58.2 Å². The molecule has 1 aromatic heterocycles. The van der Waals surface area contributed by atoms with Crippen molar-refractivity contribution >= 4 is 17.5 Å². The molecule has 0 atom stereocenters. The zero-order chi connectivity index (χ0) is 20.4. The number of hydrogen-bond acceptors (Lipinski definition) is 6. The number of para-hydroxylation sites is 1. The number of nitrogens with one attached hydrogen (secondary N) is 1. The first-order chi connectivity index (χ1) is 14.0. The van der Waals surface area contributed by atoms with Gasteiger partial charge in [0.1, 0.15) is 5.82 Å². The van der Waals surface area contributed by atoms with E-state index in [9.17, 15) is 0 Å². The van der Waals surface area contributed by atoms with Crippen LogP contribution < -0.4 is 10.2 Å². The Labute approximate surface area is 173 Å². The van der Waals surface area contributed by atoms with E-state index in [0.717, 1.165) is 37.7 Å². The van der Waals surface area contributed by atoms with Crippen molar-refractivity contribution < 1.29 is 9.47 Å². The van der Waals surface area contributed by atoms with Crippen LogP contribution in [-0.2, 0) is 9.47 Å². The molecule has 0 saturated carbocycles. The quantitative estimate of drug-likeness (QED) is 0.783. The van der Waals surface area contributed by atoms with Gasteiger partial charge in [-0.3, -0.25) is 0 Å². The largest absolute Gasteiger partial charge is 0.347 e. The van der Waals surface area contributed by atoms with Gasteiger partial charge in [0.2, 0.25) is 5.95 Å². The molecule has 29 heavy (non-hydrogen) atoms. The summed E-state index contributed by atoms with van der Waals surface area (Å²) in [4.78, 5) is 11.6. The standard InChI is InChI=1S/C23H32N4O2/c1-16(2)18-6-5-7-19(17(3)4)21(18)25-20-8-11-24-22(26-20)27-12-9-23(10-13-27)28-14-15-29-23/h5-8,11,16-17H,9-10,12-15H2,1-4H3,(H,24,25,26). The van der Waals surface area contributed by atoms with E-state index in [1.54, 1.807) is 0 Å². The van der Waals surface area contributed by atoms with Gasteiger partial charge in [-0.05, 0) is 29.0 Å². The minimum Gasteiger partial charge on any atom is -0.347 e. The summed E-state index contributed by atoms with van der Waals surface area (Å²) in [5, 5.41) is 3.60. The number of piperidine rings is 1. The topological polar surface area (TPSA) is 59.5 Å². The van der Waals surface area contributed by atoms with E-state index in [0.29, 0.717) is 25.0 Å². The number of rotatable bonds is 5. The molecule has 2 saturated heterocycles. The van der Waals surface area contributed by atoms with Crippen LogP contribution in [0.4, 0.5) is 17.5 Å². The molecule has 0 unspecified atom stereocenters. The summed E-state index contributed by atoms with van der Waals surface area (Å²) in [6.45, 7) is 12.0. The molecular formula is C23H32N4O2. The Bertz CT molecular complexity index is 810. The van der Waals surface area contributed by atoms with Crippen molar-refractivity contribution in [2.75, 3.05) is 36.5 Å². The fourth-order valence-corrected chi connectivity index (χ4v) is 4.23. The van der Waals surface area contributed by atoms with Crippen molar-refractivity contribution in [3.63, 3.8) is 0 Å². The van der Waals surface area contributed by atoms with Crippen LogP contribution in [0.15, 0.2) is 30.5 Å². The van der Waals surface area contributed by atoms with Gasteiger partial charge in [0.15, 0.2) is 5.79 Å². The predicted octanol–water partition coefficient (Wildman–Crippen LogP) is 4.81. The summed E-state index contributed by atoms with van der Waals surface area (Å²) in [6, 6.07) is 8.50. The van der Waals surface area contributed by atoms with Gasteiger partial charge in [0.25, 0.3) is 0 Å². The lowest BCUT2D eigenvalue weighted by molar-refractivity contribution is -0.169. The second-order valence-electron chi connectivity index (χ2n) is 8.58. The molecule has 0 aliphatic carbocycles. The highest BCUT2D eigenvalue weighted by atomic mass is 16.7. The molecule has 0 bridgehead atoms. The second-order valence-corrected chi connectivity index (χ2v) is 8.58. The summed E-state index contributed by atoms with van der Waals surface area (Å²) < 4.78 is 11.7. The first-order valence-electron chi connectivity index (χ1n) is 10.7. The van der Waals surface area contributed by atoms with Crippen LogP contribution in [0.1, 0.15) is 63.5 Å². The summed E-state index contributed by atoms with van der Waals surface area (Å²) in [6.07, 6.45) is 3.54. The fraction of sp³-hybridized carbons (Fsp3) is 0.565. The lowest BCUT2D eigenvalue weighted by Crippen LogP contribution is -2.45. The van der Waals surface area contributed by atoms with Crippen molar-refractivity contribution in [1.82, 2.24) is 9.97 Å². The van der Waals surface area contributed by atoms with Crippen LogP contribution in [0.25, 0.3) is 0 Å². The van der Waals surface area contributed by atoms with E-state index < -0.39 is 0 Å². The molecule has 0 amide bonds. The monoisotopic (exact) mass is 396 g/mol. The molecule has 6 heteroatoms. The normalized spacial score (nSPS) is 18.8. The Balaban J connectivity index is 1.55. The number of benzene rings is 1. The Morgan fingerprint density at radius 1 is 0.966 bits per heavy atom. The number of aromatic nitrogens is 2. The van der Waals surface area contributed by atoms with Crippen LogP contribution in [0, 0.1) is 0 Å². The summed E-state index contributed by atoms with van der Waals surface area (Å²) >= 11 is 0. The van der Waals surface area contributed by atoms with E-state index in [1.807, 2.05) is 12.3 Å². The molecule has 6 nitrogen and oxygen atoms in total. The SMILES string of the molecule is CC(C)c1cccc(C(C)C)c1Nc1ccnc(N2CCC3(CC2)OCCO3)n1. The minimum atomic E-state index is -0.380. The highest BCUT2D eigenvalue weighted by Gasteiger charge is 2.40. The van der Waals surface area contributed by atoms with Gasteiger partial charge < -0.3 is 19.7 Å². The molecule has 3 heterocycles. The molecule has 2 aromatic rings. The van der Waals surface area contributed by atoms with E-state index in [1.165, 1.54) is 16.8 Å². The average molecular weight is 397 g/mol. The Kier molecular flexibility index (Phi) is 5.74. The molecule has 2 aliphatic heterocycles. The number of hydrogen-bond donors (Lipinski definition) is 1. The number of nitrogens with zero attached hydrogens (tertiary/aromatic N) is 3. The van der Waals surface area contributed by atoms with Crippen molar-refractivity contribution in [3.8, 4) is 0 Å². The smallest absolute Gasteiger partial charge is 0.227 e. The fourth-order valence-electron chi connectivity index (χ4n) is 4.23. The molecule has 2 fully saturated rings. The van der Waals surface area contributed by atoms with E-state index >= 15 is 0 Å². The van der Waals surface area contributed by atoms with Crippen molar-refractivity contribution in [3.05, 3.63) is 41.6 Å². The maximum absolute atomic E-state index is 5.84. The van der Waals surface area contributed by atoms with Gasteiger partial charge in [-0.15, -0.1) is 0 Å². The third kappa shape index (κ3) is 4.23. The van der Waals surface area contributed by atoms with E-state index in [4.69, 9.17) is 14.5 Å². The summed E-state index contributed by atoms with van der Waals surface area (Å²) in [7, 11) is 0. The van der Waals surface area contributed by atoms with E-state index in [2.05, 4.69) is 61.1 Å². The van der Waals surface area contributed by atoms with Crippen LogP contribution >= 0.6 is 0 Å². The van der Waals surface area contributed by atoms with Crippen LogP contribution in [-0.4, -0.2) is 42.1 Å². The maximum Gasteiger partial charge on any atom is 0.227 e. The Hall–Kier alpha value is -2.18. The zero-order valence-corrected chi connectivity index (χ0v) is 17.9. The maximum atomic E-state index is 5.84. The van der Waals surface area contributed by atoms with Gasteiger partial charge in [0.05, 0.1) is 13.2 Å². The molecule has 4 rings (SSSR count). The first kappa shape index (κ1) is 20.1. The molecule has 1 aromatic carbocycles. The molecular weight excluding hydrogens is 364 g/mol. The highest BCUT2D eigenvalue weighted by Crippen LogP contribution is 2.35. The van der Waals surface area contributed by atoms with E-state index in [-0.39, 0.29) is 5.79 Å². The first-order valence-corrected chi connectivity index (χ1v) is 10.7. The van der Waals surface area contributed by atoms with Crippen molar-refractivity contribution in [1.29, 1.82) is 0 Å². The predicted molar refractivity (Wildman–Crippen MR) is 116 cm³/mol. The lowest BCUT2D eigenvalue weighted by Gasteiger charge is -2.37. The number of ether oxygens (including phenoxy) is 2. The summed E-state index contributed by atoms with van der Waals surface area (Å²) in [5.41, 5.74) is 3.80. The molecule has 1 spiro atoms. The van der Waals surface area contributed by atoms with Crippen LogP contribution in [0.5, 0.6) is 0 Å². The van der Waals surface area contributed by atoms with Gasteiger partial charge in [-0.1, -0.05) is 45.9 Å². The van der Waals surface area contributed by atoms with Crippen LogP contribution in [0.3, 0.4) is 0 Å². The minimum absolute atomic E-state index is 0.380. The number of anilines is 3. The molecule has 0 radical (unpaired) electrons.